The predicted octanol–water partition coefficient (Wildman–Crippen LogP) is 4.02. The molecule has 0 aliphatic rings. The molecule has 62 valence electrons. The topological polar surface area (TPSA) is 0 Å². The van der Waals surface area contributed by atoms with Crippen LogP contribution in [-0.4, -0.2) is 0 Å². The van der Waals surface area contributed by atoms with Crippen LogP contribution in [0.25, 0.3) is 0 Å². The molecular formula is C10H22. The Labute approximate surface area is 66.3 Å². The smallest absolute Gasteiger partial charge is 0.0442 e. The van der Waals surface area contributed by atoms with E-state index in [4.69, 9.17) is 0 Å². The first kappa shape index (κ1) is 12.4. The summed E-state index contributed by atoms with van der Waals surface area (Å²) in [6.07, 6.45) is 3.39. The van der Waals surface area contributed by atoms with Crippen molar-refractivity contribution >= 4 is 0 Å². The van der Waals surface area contributed by atoms with Gasteiger partial charge in [-0.3, -0.25) is 0 Å². The van der Waals surface area contributed by atoms with Crippen molar-refractivity contribution in [3.63, 3.8) is 0 Å². The third kappa shape index (κ3) is 25.1. The Morgan fingerprint density at radius 1 is 1.30 bits per heavy atom. The minimum absolute atomic E-state index is 0.884. The molecular weight excluding hydrogens is 120 g/mol. The van der Waals surface area contributed by atoms with E-state index in [0.29, 0.717) is 0 Å². The first-order valence-corrected chi connectivity index (χ1v) is 4.14. The van der Waals surface area contributed by atoms with E-state index < -0.39 is 0 Å². The van der Waals surface area contributed by atoms with Gasteiger partial charge < -0.3 is 0 Å². The molecule has 0 unspecified atom stereocenters. The normalized spacial score (nSPS) is 8.30. The lowest BCUT2D eigenvalue weighted by Gasteiger charge is -1.90. The molecule has 10 heavy (non-hydrogen) atoms. The molecule has 0 heterocycles. The average Bonchev–Trinajstić information content (AvgIpc) is 1.89. The molecule has 0 fully saturated rings. The molecule has 0 bridgehead atoms. The summed E-state index contributed by atoms with van der Waals surface area (Å²) in [5.74, 6) is 0.884. The second kappa shape index (κ2) is 8.74. The van der Waals surface area contributed by atoms with Crippen molar-refractivity contribution in [2.45, 2.75) is 48.0 Å². The summed E-state index contributed by atoms with van der Waals surface area (Å²) in [4.78, 5) is 0. The zero-order valence-electron chi connectivity index (χ0n) is 8.36. The Kier molecular flexibility index (Phi) is 10.9. The van der Waals surface area contributed by atoms with Crippen molar-refractivity contribution in [2.24, 2.45) is 5.92 Å². The van der Waals surface area contributed by atoms with E-state index in [1.54, 1.807) is 0 Å². The molecule has 0 atom stereocenters. The summed E-state index contributed by atoms with van der Waals surface area (Å²) in [6.45, 7) is 12.8. The fourth-order valence-electron chi connectivity index (χ4n) is 0. The maximum Gasteiger partial charge on any atom is -0.0442 e. The van der Waals surface area contributed by atoms with Crippen molar-refractivity contribution in [1.82, 2.24) is 0 Å². The van der Waals surface area contributed by atoms with Crippen molar-refractivity contribution < 1.29 is 0 Å². The molecule has 0 aromatic carbocycles. The van der Waals surface area contributed by atoms with Gasteiger partial charge in [0, 0.05) is 0 Å². The molecule has 0 aromatic rings. The molecule has 0 aliphatic carbocycles. The highest BCUT2D eigenvalue weighted by Gasteiger charge is 1.80. The van der Waals surface area contributed by atoms with Crippen LogP contribution in [-0.2, 0) is 0 Å². The molecule has 0 rings (SSSR count). The van der Waals surface area contributed by atoms with Crippen molar-refractivity contribution in [1.29, 1.82) is 0 Å². The van der Waals surface area contributed by atoms with E-state index >= 15 is 0 Å². The highest BCUT2D eigenvalue weighted by atomic mass is 13.9. The number of hydrogen-bond donors (Lipinski definition) is 0. The van der Waals surface area contributed by atoms with Crippen molar-refractivity contribution in [3.8, 4) is 0 Å². The van der Waals surface area contributed by atoms with Gasteiger partial charge in [-0.1, -0.05) is 38.8 Å². The Hall–Kier alpha value is -0.260. The standard InChI is InChI=1S/C5H12.C5H10/c2*1-4-5(2)3/h5H,4H2,1-3H3;4H,1-3H3. The highest BCUT2D eigenvalue weighted by Crippen LogP contribution is 1.93. The molecule has 0 aromatic heterocycles. The number of hydrogen-bond acceptors (Lipinski definition) is 0. The summed E-state index contributed by atoms with van der Waals surface area (Å²) in [6, 6.07) is 0. The Morgan fingerprint density at radius 3 is 1.50 bits per heavy atom. The van der Waals surface area contributed by atoms with Gasteiger partial charge in [-0.25, -0.2) is 0 Å². The van der Waals surface area contributed by atoms with Gasteiger partial charge in [0.1, 0.15) is 0 Å². The molecule has 0 radical (unpaired) electrons. The summed E-state index contributed by atoms with van der Waals surface area (Å²) in [7, 11) is 0. The molecule has 0 heteroatoms. The SMILES string of the molecule is CC=C(C)C.CCC(C)C. The van der Waals surface area contributed by atoms with Gasteiger partial charge in [0.15, 0.2) is 0 Å². The molecule has 0 N–H and O–H groups in total. The van der Waals surface area contributed by atoms with Crippen LogP contribution in [0.5, 0.6) is 0 Å². The van der Waals surface area contributed by atoms with E-state index in [1.165, 1.54) is 12.0 Å². The summed E-state index contributed by atoms with van der Waals surface area (Å²) in [5.41, 5.74) is 1.38. The van der Waals surface area contributed by atoms with E-state index in [9.17, 15) is 0 Å². The predicted molar refractivity (Wildman–Crippen MR) is 50.2 cm³/mol. The molecule has 0 aliphatic heterocycles. The maximum atomic E-state index is 2.22. The Morgan fingerprint density at radius 2 is 1.50 bits per heavy atom. The van der Waals surface area contributed by atoms with Crippen LogP contribution in [0.2, 0.25) is 0 Å². The molecule has 0 saturated heterocycles. The second-order valence-corrected chi connectivity index (χ2v) is 3.17. The van der Waals surface area contributed by atoms with Gasteiger partial charge in [0.05, 0.1) is 0 Å². The van der Waals surface area contributed by atoms with Crippen LogP contribution in [0.15, 0.2) is 11.6 Å². The largest absolute Gasteiger partial charge is 0.0890 e. The highest BCUT2D eigenvalue weighted by molar-refractivity contribution is 4.88. The van der Waals surface area contributed by atoms with Crippen LogP contribution in [0.4, 0.5) is 0 Å². The van der Waals surface area contributed by atoms with Crippen LogP contribution >= 0.6 is 0 Å². The summed E-state index contributed by atoms with van der Waals surface area (Å²) in [5, 5.41) is 0. The first-order chi connectivity index (χ1) is 4.54. The van der Waals surface area contributed by atoms with Gasteiger partial charge in [0.25, 0.3) is 0 Å². The van der Waals surface area contributed by atoms with E-state index in [0.717, 1.165) is 5.92 Å². The zero-order chi connectivity index (χ0) is 8.57. The fraction of sp³-hybridized carbons (Fsp3) is 0.800. The van der Waals surface area contributed by atoms with Crippen LogP contribution in [0.3, 0.4) is 0 Å². The van der Waals surface area contributed by atoms with Crippen LogP contribution < -0.4 is 0 Å². The molecule has 0 saturated carbocycles. The first-order valence-electron chi connectivity index (χ1n) is 4.14. The number of rotatable bonds is 1. The lowest BCUT2D eigenvalue weighted by molar-refractivity contribution is 0.626. The molecule has 0 amide bonds. The van der Waals surface area contributed by atoms with Crippen LogP contribution in [0, 0.1) is 5.92 Å². The molecule has 0 spiro atoms. The minimum atomic E-state index is 0.884. The van der Waals surface area contributed by atoms with E-state index in [2.05, 4.69) is 40.7 Å². The molecule has 0 nitrogen and oxygen atoms in total. The Balaban J connectivity index is 0. The van der Waals surface area contributed by atoms with Gasteiger partial charge >= 0.3 is 0 Å². The maximum absolute atomic E-state index is 2.22. The van der Waals surface area contributed by atoms with E-state index in [1.807, 2.05) is 6.92 Å². The quantitative estimate of drug-likeness (QED) is 0.485. The van der Waals surface area contributed by atoms with Crippen molar-refractivity contribution in [3.05, 3.63) is 11.6 Å². The summed E-state index contributed by atoms with van der Waals surface area (Å²) < 4.78 is 0. The monoisotopic (exact) mass is 142 g/mol. The lowest BCUT2D eigenvalue weighted by Crippen LogP contribution is -1.77. The minimum Gasteiger partial charge on any atom is -0.0890 e. The third-order valence-corrected chi connectivity index (χ3v) is 1.39. The van der Waals surface area contributed by atoms with E-state index in [-0.39, 0.29) is 0 Å². The van der Waals surface area contributed by atoms with Gasteiger partial charge in [-0.15, -0.1) is 0 Å². The van der Waals surface area contributed by atoms with Gasteiger partial charge in [-0.05, 0) is 26.7 Å². The Bertz CT molecular complexity index is 74.0. The van der Waals surface area contributed by atoms with Gasteiger partial charge in [-0.2, -0.15) is 0 Å². The van der Waals surface area contributed by atoms with Crippen LogP contribution in [0.1, 0.15) is 48.0 Å². The second-order valence-electron chi connectivity index (χ2n) is 3.17. The van der Waals surface area contributed by atoms with Gasteiger partial charge in [0.2, 0.25) is 0 Å². The third-order valence-electron chi connectivity index (χ3n) is 1.39. The zero-order valence-corrected chi connectivity index (χ0v) is 8.36. The number of allylic oxidation sites excluding steroid dienone is 2. The van der Waals surface area contributed by atoms with Crippen molar-refractivity contribution in [2.75, 3.05) is 0 Å². The lowest BCUT2D eigenvalue weighted by atomic mass is 10.2. The summed E-state index contributed by atoms with van der Waals surface area (Å²) >= 11 is 0. The fourth-order valence-corrected chi connectivity index (χ4v) is 0. The average molecular weight is 142 g/mol.